The highest BCUT2D eigenvalue weighted by Crippen LogP contribution is 2.17. The number of rotatable bonds is 5. The number of aromatic nitrogens is 1. The minimum Gasteiger partial charge on any atom is -0.361 e. The van der Waals surface area contributed by atoms with E-state index < -0.39 is 11.8 Å². The number of aromatic amines is 1. The molecule has 0 aliphatic rings. The number of H-pyrrole nitrogens is 1. The Hall–Kier alpha value is -3.08. The fourth-order valence-electron chi connectivity index (χ4n) is 2.83. The Bertz CT molecular complexity index is 871. The number of hydrogen-bond donors (Lipinski definition) is 2. The molecule has 0 aliphatic carbocycles. The van der Waals surface area contributed by atoms with Crippen LogP contribution in [0.5, 0.6) is 0 Å². The fourth-order valence-corrected chi connectivity index (χ4v) is 2.83. The van der Waals surface area contributed by atoms with Gasteiger partial charge in [-0.3, -0.25) is 9.59 Å². The first kappa shape index (κ1) is 16.8. The lowest BCUT2D eigenvalue weighted by Crippen LogP contribution is -2.41. The maximum atomic E-state index is 12.2. The van der Waals surface area contributed by atoms with E-state index in [1.54, 1.807) is 7.05 Å². The van der Waals surface area contributed by atoms with Gasteiger partial charge >= 0.3 is 11.8 Å². The molecule has 5 heteroatoms. The van der Waals surface area contributed by atoms with Gasteiger partial charge in [0.2, 0.25) is 0 Å². The Morgan fingerprint density at radius 2 is 1.76 bits per heavy atom. The maximum Gasteiger partial charge on any atom is 0.311 e. The van der Waals surface area contributed by atoms with Crippen LogP contribution in [0.3, 0.4) is 0 Å². The summed E-state index contributed by atoms with van der Waals surface area (Å²) >= 11 is 0. The van der Waals surface area contributed by atoms with Crippen LogP contribution >= 0.6 is 0 Å². The van der Waals surface area contributed by atoms with Gasteiger partial charge in [-0.2, -0.15) is 0 Å². The number of nitrogens with one attached hydrogen (secondary N) is 2. The molecule has 5 nitrogen and oxygen atoms in total. The summed E-state index contributed by atoms with van der Waals surface area (Å²) in [6.45, 7) is 0.834. The van der Waals surface area contributed by atoms with Crippen LogP contribution in [-0.2, 0) is 22.6 Å². The van der Waals surface area contributed by atoms with Crippen molar-refractivity contribution in [2.24, 2.45) is 0 Å². The second-order valence-electron chi connectivity index (χ2n) is 6.01. The number of para-hydroxylation sites is 1. The Morgan fingerprint density at radius 1 is 1.04 bits per heavy atom. The van der Waals surface area contributed by atoms with Crippen LogP contribution in [0.15, 0.2) is 60.8 Å². The number of nitrogens with zero attached hydrogens (tertiary/aromatic N) is 1. The molecule has 0 bridgehead atoms. The molecule has 25 heavy (non-hydrogen) atoms. The van der Waals surface area contributed by atoms with E-state index in [2.05, 4.69) is 10.3 Å². The lowest BCUT2D eigenvalue weighted by molar-refractivity contribution is -0.145. The molecule has 1 aromatic heterocycles. The van der Waals surface area contributed by atoms with Gasteiger partial charge in [0, 0.05) is 37.2 Å². The van der Waals surface area contributed by atoms with Crippen molar-refractivity contribution in [2.75, 3.05) is 13.6 Å². The Balaban J connectivity index is 1.51. The van der Waals surface area contributed by atoms with E-state index in [9.17, 15) is 9.59 Å². The third-order valence-electron chi connectivity index (χ3n) is 4.16. The standard InChI is InChI=1S/C20H21N3O2/c1-23(14-15-7-3-2-4-8-15)20(25)19(24)21-12-11-16-13-22-18-10-6-5-9-17(16)18/h2-10,13,22H,11-12,14H2,1H3,(H,21,24). The molecule has 0 aliphatic heterocycles. The summed E-state index contributed by atoms with van der Waals surface area (Å²) in [6, 6.07) is 17.6. The molecule has 0 radical (unpaired) electrons. The van der Waals surface area contributed by atoms with E-state index in [0.29, 0.717) is 19.5 Å². The zero-order chi connectivity index (χ0) is 17.6. The van der Waals surface area contributed by atoms with E-state index >= 15 is 0 Å². The quantitative estimate of drug-likeness (QED) is 0.704. The van der Waals surface area contributed by atoms with Crippen molar-refractivity contribution in [3.63, 3.8) is 0 Å². The van der Waals surface area contributed by atoms with Gasteiger partial charge in [-0.05, 0) is 23.6 Å². The lowest BCUT2D eigenvalue weighted by Gasteiger charge is -2.16. The first-order chi connectivity index (χ1) is 12.1. The molecule has 2 amide bonds. The molecule has 3 aromatic rings. The molecule has 2 N–H and O–H groups in total. The van der Waals surface area contributed by atoms with Crippen molar-refractivity contribution < 1.29 is 9.59 Å². The normalized spacial score (nSPS) is 10.6. The van der Waals surface area contributed by atoms with E-state index in [0.717, 1.165) is 22.0 Å². The Labute approximate surface area is 146 Å². The smallest absolute Gasteiger partial charge is 0.311 e. The molecule has 3 rings (SSSR count). The van der Waals surface area contributed by atoms with Crippen molar-refractivity contribution in [1.82, 2.24) is 15.2 Å². The summed E-state index contributed by atoms with van der Waals surface area (Å²) in [6.07, 6.45) is 2.62. The van der Waals surface area contributed by atoms with E-state index in [1.165, 1.54) is 4.90 Å². The van der Waals surface area contributed by atoms with Crippen LogP contribution in [0.4, 0.5) is 0 Å². The van der Waals surface area contributed by atoms with Gasteiger partial charge in [0.25, 0.3) is 0 Å². The number of carbonyl (C=O) groups is 2. The van der Waals surface area contributed by atoms with Gasteiger partial charge in [0.1, 0.15) is 0 Å². The third-order valence-corrected chi connectivity index (χ3v) is 4.16. The number of hydrogen-bond acceptors (Lipinski definition) is 2. The van der Waals surface area contributed by atoms with Crippen LogP contribution in [0.25, 0.3) is 10.9 Å². The number of benzene rings is 2. The zero-order valence-corrected chi connectivity index (χ0v) is 14.2. The highest BCUT2D eigenvalue weighted by atomic mass is 16.2. The van der Waals surface area contributed by atoms with Crippen molar-refractivity contribution in [3.8, 4) is 0 Å². The minimum absolute atomic E-state index is 0.412. The molecule has 0 fully saturated rings. The molecule has 0 atom stereocenters. The molecular formula is C20H21N3O2. The molecule has 0 saturated heterocycles. The van der Waals surface area contributed by atoms with Crippen LogP contribution in [0, 0.1) is 0 Å². The van der Waals surface area contributed by atoms with E-state index in [4.69, 9.17) is 0 Å². The summed E-state index contributed by atoms with van der Waals surface area (Å²) in [5.74, 6) is -1.10. The summed E-state index contributed by atoms with van der Waals surface area (Å²) in [5, 5.41) is 3.85. The first-order valence-corrected chi connectivity index (χ1v) is 8.27. The van der Waals surface area contributed by atoms with Gasteiger partial charge in [-0.1, -0.05) is 48.5 Å². The van der Waals surface area contributed by atoms with Gasteiger partial charge < -0.3 is 15.2 Å². The average Bonchev–Trinajstić information content (AvgIpc) is 3.05. The van der Waals surface area contributed by atoms with Gasteiger partial charge in [0.05, 0.1) is 0 Å². The van der Waals surface area contributed by atoms with E-state index in [1.807, 2.05) is 60.8 Å². The SMILES string of the molecule is CN(Cc1ccccc1)C(=O)C(=O)NCCc1c[nH]c2ccccc12. The largest absolute Gasteiger partial charge is 0.361 e. The maximum absolute atomic E-state index is 12.2. The fraction of sp³-hybridized carbons (Fsp3) is 0.200. The van der Waals surface area contributed by atoms with Gasteiger partial charge in [0.15, 0.2) is 0 Å². The third kappa shape index (κ3) is 4.07. The van der Waals surface area contributed by atoms with Crippen LogP contribution in [0.2, 0.25) is 0 Å². The molecule has 0 spiro atoms. The summed E-state index contributed by atoms with van der Waals surface area (Å²) in [5.41, 5.74) is 3.19. The van der Waals surface area contributed by atoms with Crippen molar-refractivity contribution in [3.05, 3.63) is 71.9 Å². The monoisotopic (exact) mass is 335 g/mol. The number of likely N-dealkylation sites (N-methyl/N-ethyl adjacent to an activating group) is 1. The molecular weight excluding hydrogens is 314 g/mol. The van der Waals surface area contributed by atoms with Crippen molar-refractivity contribution >= 4 is 22.7 Å². The van der Waals surface area contributed by atoms with E-state index in [-0.39, 0.29) is 0 Å². The second-order valence-corrected chi connectivity index (χ2v) is 6.01. The van der Waals surface area contributed by atoms with Crippen LogP contribution in [0.1, 0.15) is 11.1 Å². The predicted octanol–water partition coefficient (Wildman–Crippen LogP) is 2.49. The number of fused-ring (bicyclic) bond motifs is 1. The van der Waals surface area contributed by atoms with Gasteiger partial charge in [-0.15, -0.1) is 0 Å². The van der Waals surface area contributed by atoms with Gasteiger partial charge in [-0.25, -0.2) is 0 Å². The molecule has 0 saturated carbocycles. The van der Waals surface area contributed by atoms with Crippen LogP contribution in [-0.4, -0.2) is 35.3 Å². The predicted molar refractivity (Wildman–Crippen MR) is 97.9 cm³/mol. The van der Waals surface area contributed by atoms with Crippen LogP contribution < -0.4 is 5.32 Å². The zero-order valence-electron chi connectivity index (χ0n) is 14.2. The Kier molecular flexibility index (Phi) is 5.14. The molecule has 0 unspecified atom stereocenters. The second kappa shape index (κ2) is 7.66. The number of amides is 2. The first-order valence-electron chi connectivity index (χ1n) is 8.27. The highest BCUT2D eigenvalue weighted by molar-refractivity contribution is 6.34. The topological polar surface area (TPSA) is 65.2 Å². The minimum atomic E-state index is -0.571. The lowest BCUT2D eigenvalue weighted by atomic mass is 10.1. The summed E-state index contributed by atoms with van der Waals surface area (Å²) < 4.78 is 0. The molecule has 2 aromatic carbocycles. The average molecular weight is 335 g/mol. The number of carbonyl (C=O) groups excluding carboxylic acids is 2. The summed E-state index contributed by atoms with van der Waals surface area (Å²) in [7, 11) is 1.63. The molecule has 128 valence electrons. The highest BCUT2D eigenvalue weighted by Gasteiger charge is 2.18. The summed E-state index contributed by atoms with van der Waals surface area (Å²) in [4.78, 5) is 28.9. The Morgan fingerprint density at radius 3 is 2.56 bits per heavy atom. The van der Waals surface area contributed by atoms with Crippen molar-refractivity contribution in [2.45, 2.75) is 13.0 Å². The molecule has 1 heterocycles. The van der Waals surface area contributed by atoms with Crippen molar-refractivity contribution in [1.29, 1.82) is 0 Å².